The van der Waals surface area contributed by atoms with E-state index in [9.17, 15) is 4.79 Å². The normalized spacial score (nSPS) is 10.5. The first-order chi connectivity index (χ1) is 9.31. The van der Waals surface area contributed by atoms with Crippen LogP contribution in [0.4, 0.5) is 0 Å². The van der Waals surface area contributed by atoms with Crippen molar-refractivity contribution in [3.63, 3.8) is 0 Å². The number of thioether (sulfide) groups is 1. The Balaban J connectivity index is 1.95. The van der Waals surface area contributed by atoms with E-state index in [2.05, 4.69) is 16.2 Å². The minimum atomic E-state index is -0.0518. The zero-order valence-electron chi connectivity index (χ0n) is 10.5. The molecule has 4 nitrogen and oxygen atoms in total. The summed E-state index contributed by atoms with van der Waals surface area (Å²) in [6.45, 7) is 1.44. The van der Waals surface area contributed by atoms with Crippen molar-refractivity contribution < 1.29 is 0 Å². The van der Waals surface area contributed by atoms with Crippen LogP contribution in [0, 0.1) is 12.3 Å². The van der Waals surface area contributed by atoms with Crippen molar-refractivity contribution in [2.75, 3.05) is 18.1 Å². The molecule has 0 unspecified atom stereocenters. The number of aromatic nitrogens is 2. The second-order valence-corrected chi connectivity index (χ2v) is 5.05. The molecule has 19 heavy (non-hydrogen) atoms. The van der Waals surface area contributed by atoms with Gasteiger partial charge in [-0.15, -0.1) is 18.2 Å². The van der Waals surface area contributed by atoms with Crippen molar-refractivity contribution in [1.82, 2.24) is 14.7 Å². The van der Waals surface area contributed by atoms with E-state index in [1.165, 1.54) is 4.40 Å². The summed E-state index contributed by atoms with van der Waals surface area (Å²) in [5, 5.41) is 3.25. The van der Waals surface area contributed by atoms with Gasteiger partial charge in [0, 0.05) is 31.1 Å². The third-order valence-corrected chi connectivity index (χ3v) is 3.40. The van der Waals surface area contributed by atoms with Gasteiger partial charge in [-0.3, -0.25) is 9.20 Å². The van der Waals surface area contributed by atoms with Crippen molar-refractivity contribution in [3.8, 4) is 12.3 Å². The molecule has 0 aliphatic heterocycles. The molecule has 2 aromatic rings. The zero-order chi connectivity index (χ0) is 13.5. The molecule has 2 heterocycles. The molecule has 0 bridgehead atoms. The molecule has 0 saturated heterocycles. The van der Waals surface area contributed by atoms with Gasteiger partial charge in [0.05, 0.1) is 11.4 Å². The van der Waals surface area contributed by atoms with Gasteiger partial charge in [-0.1, -0.05) is 12.0 Å². The van der Waals surface area contributed by atoms with Crippen LogP contribution in [0.5, 0.6) is 0 Å². The molecular formula is C14H15N3OS. The summed E-state index contributed by atoms with van der Waals surface area (Å²) in [5.41, 5.74) is 1.38. The highest BCUT2D eigenvalue weighted by Crippen LogP contribution is 1.99. The van der Waals surface area contributed by atoms with E-state index in [1.807, 2.05) is 18.2 Å². The van der Waals surface area contributed by atoms with E-state index in [-0.39, 0.29) is 5.56 Å². The van der Waals surface area contributed by atoms with Crippen molar-refractivity contribution in [1.29, 1.82) is 0 Å². The van der Waals surface area contributed by atoms with Crippen molar-refractivity contribution in [2.45, 2.75) is 6.54 Å². The van der Waals surface area contributed by atoms with Crippen LogP contribution in [0.25, 0.3) is 5.65 Å². The lowest BCUT2D eigenvalue weighted by molar-refractivity contribution is 0.713. The lowest BCUT2D eigenvalue weighted by Crippen LogP contribution is -2.21. The van der Waals surface area contributed by atoms with Crippen molar-refractivity contribution in [2.24, 2.45) is 0 Å². The van der Waals surface area contributed by atoms with Gasteiger partial charge in [-0.25, -0.2) is 4.98 Å². The third kappa shape index (κ3) is 3.85. The van der Waals surface area contributed by atoms with Crippen LogP contribution in [-0.4, -0.2) is 27.4 Å². The van der Waals surface area contributed by atoms with Crippen LogP contribution in [0.3, 0.4) is 0 Å². The Labute approximate surface area is 116 Å². The highest BCUT2D eigenvalue weighted by molar-refractivity contribution is 7.99. The number of hydrogen-bond acceptors (Lipinski definition) is 4. The number of hydrogen-bond donors (Lipinski definition) is 1. The Bertz CT molecular complexity index is 645. The summed E-state index contributed by atoms with van der Waals surface area (Å²) in [6.07, 6.45) is 6.89. The Kier molecular flexibility index (Phi) is 5.01. The molecule has 98 valence electrons. The van der Waals surface area contributed by atoms with Gasteiger partial charge in [-0.05, 0) is 12.1 Å². The summed E-state index contributed by atoms with van der Waals surface area (Å²) in [6, 6.07) is 7.08. The molecule has 0 aromatic carbocycles. The van der Waals surface area contributed by atoms with Gasteiger partial charge in [0.15, 0.2) is 0 Å². The van der Waals surface area contributed by atoms with Gasteiger partial charge >= 0.3 is 0 Å². The molecule has 0 spiro atoms. The lowest BCUT2D eigenvalue weighted by atomic mass is 10.3. The van der Waals surface area contributed by atoms with E-state index in [0.717, 1.165) is 23.7 Å². The van der Waals surface area contributed by atoms with Crippen LogP contribution in [-0.2, 0) is 6.54 Å². The second-order valence-electron chi connectivity index (χ2n) is 3.95. The van der Waals surface area contributed by atoms with E-state index in [4.69, 9.17) is 6.42 Å². The van der Waals surface area contributed by atoms with Gasteiger partial charge in [-0.2, -0.15) is 0 Å². The molecule has 0 aliphatic carbocycles. The summed E-state index contributed by atoms with van der Waals surface area (Å²) in [5.74, 6) is 4.27. The Morgan fingerprint density at radius 3 is 3.21 bits per heavy atom. The Hall–Kier alpha value is -1.77. The number of nitrogens with one attached hydrogen (secondary N) is 1. The average Bonchev–Trinajstić information content (AvgIpc) is 2.43. The van der Waals surface area contributed by atoms with Crippen LogP contribution < -0.4 is 10.9 Å². The number of pyridine rings is 1. The number of terminal acetylenes is 1. The average molecular weight is 273 g/mol. The van der Waals surface area contributed by atoms with E-state index in [0.29, 0.717) is 12.2 Å². The fraction of sp³-hybridized carbons (Fsp3) is 0.286. The maximum Gasteiger partial charge on any atom is 0.258 e. The minimum Gasteiger partial charge on any atom is -0.310 e. The molecule has 5 heteroatoms. The van der Waals surface area contributed by atoms with Crippen LogP contribution in [0.15, 0.2) is 35.3 Å². The maximum atomic E-state index is 11.8. The molecular weight excluding hydrogens is 258 g/mol. The topological polar surface area (TPSA) is 46.4 Å². The summed E-state index contributed by atoms with van der Waals surface area (Å²) < 4.78 is 1.53. The largest absolute Gasteiger partial charge is 0.310 e. The van der Waals surface area contributed by atoms with Gasteiger partial charge in [0.1, 0.15) is 5.65 Å². The first-order valence-corrected chi connectivity index (χ1v) is 7.16. The molecule has 2 rings (SSSR count). The highest BCUT2D eigenvalue weighted by atomic mass is 32.2. The van der Waals surface area contributed by atoms with E-state index >= 15 is 0 Å². The SMILES string of the molecule is C#CCSCCNCc1cc(=O)n2ccccc2n1. The van der Waals surface area contributed by atoms with Crippen LogP contribution >= 0.6 is 11.8 Å². The standard InChI is InChI=1S/C14H15N3OS/c1-2-8-19-9-6-15-11-12-10-14(18)17-7-4-3-5-13(17)16-12/h1,3-5,7,10,15H,6,8-9,11H2. The summed E-state index contributed by atoms with van der Waals surface area (Å²) >= 11 is 1.71. The fourth-order valence-corrected chi connectivity index (χ4v) is 2.24. The van der Waals surface area contributed by atoms with Gasteiger partial charge in [0.25, 0.3) is 5.56 Å². The lowest BCUT2D eigenvalue weighted by Gasteiger charge is -2.05. The fourth-order valence-electron chi connectivity index (χ4n) is 1.69. The number of fused-ring (bicyclic) bond motifs is 1. The smallest absolute Gasteiger partial charge is 0.258 e. The quantitative estimate of drug-likeness (QED) is 0.633. The van der Waals surface area contributed by atoms with Crippen molar-refractivity contribution in [3.05, 3.63) is 46.5 Å². The van der Waals surface area contributed by atoms with Gasteiger partial charge in [0.2, 0.25) is 0 Å². The molecule has 0 aliphatic rings. The predicted molar refractivity (Wildman–Crippen MR) is 79.3 cm³/mol. The van der Waals surface area contributed by atoms with E-state index in [1.54, 1.807) is 24.0 Å². The second kappa shape index (κ2) is 6.98. The minimum absolute atomic E-state index is 0.0518. The highest BCUT2D eigenvalue weighted by Gasteiger charge is 2.00. The maximum absolute atomic E-state index is 11.8. The third-order valence-electron chi connectivity index (χ3n) is 2.54. The van der Waals surface area contributed by atoms with Crippen LogP contribution in [0.1, 0.15) is 5.69 Å². The predicted octanol–water partition coefficient (Wildman–Crippen LogP) is 1.15. The molecule has 0 saturated carbocycles. The first kappa shape index (κ1) is 13.7. The summed E-state index contributed by atoms with van der Waals surface area (Å²) in [7, 11) is 0. The van der Waals surface area contributed by atoms with Gasteiger partial charge < -0.3 is 5.32 Å². The van der Waals surface area contributed by atoms with Crippen LogP contribution in [0.2, 0.25) is 0 Å². The Morgan fingerprint density at radius 2 is 2.37 bits per heavy atom. The molecule has 0 amide bonds. The Morgan fingerprint density at radius 1 is 1.47 bits per heavy atom. The zero-order valence-corrected chi connectivity index (χ0v) is 11.3. The molecule has 0 radical (unpaired) electrons. The molecule has 1 N–H and O–H groups in total. The van der Waals surface area contributed by atoms with E-state index < -0.39 is 0 Å². The number of nitrogens with zero attached hydrogens (tertiary/aromatic N) is 2. The van der Waals surface area contributed by atoms with Crippen molar-refractivity contribution >= 4 is 17.4 Å². The summed E-state index contributed by atoms with van der Waals surface area (Å²) in [4.78, 5) is 16.3. The monoisotopic (exact) mass is 273 g/mol. The number of rotatable bonds is 6. The molecule has 2 aromatic heterocycles. The molecule has 0 fully saturated rings. The first-order valence-electron chi connectivity index (χ1n) is 6.00. The molecule has 0 atom stereocenters.